The largest absolute Gasteiger partial charge is 0.332 e. The fourth-order valence-electron chi connectivity index (χ4n) is 0. The molecule has 0 aromatic carbocycles. The fourth-order valence-corrected chi connectivity index (χ4v) is 0. The van der Waals surface area contributed by atoms with Crippen molar-refractivity contribution < 1.29 is 18.6 Å². The normalized spacial score (nSPS) is 6.00. The van der Waals surface area contributed by atoms with Gasteiger partial charge >= 0.3 is 0 Å². The van der Waals surface area contributed by atoms with Crippen LogP contribution in [0.1, 0.15) is 20.3 Å². The molecule has 0 bridgehead atoms. The topological polar surface area (TPSA) is 0 Å². The van der Waals surface area contributed by atoms with Crippen molar-refractivity contribution in [3.05, 3.63) is 6.42 Å². The van der Waals surface area contributed by atoms with Gasteiger partial charge in [0.25, 0.3) is 0 Å². The number of hydrogen-bond donors (Lipinski definition) is 0. The molecule has 0 unspecified atom stereocenters. The molecule has 0 saturated carbocycles. The Kier molecular flexibility index (Phi) is 16.1. The van der Waals surface area contributed by atoms with Gasteiger partial charge in [0.1, 0.15) is 0 Å². The summed E-state index contributed by atoms with van der Waals surface area (Å²) in [6.45, 7) is 4.18. The summed E-state index contributed by atoms with van der Waals surface area (Å²) >= 11 is 0. The first-order valence-corrected chi connectivity index (χ1v) is 1.69. The standard InChI is InChI=1S/C4H9.V/c1-3-4-2;/h3H,4H2,1-2H3;/q-1;. The molecule has 0 nitrogen and oxygen atoms in total. The van der Waals surface area contributed by atoms with Crippen LogP contribution in [0.2, 0.25) is 0 Å². The van der Waals surface area contributed by atoms with Gasteiger partial charge in [-0.05, 0) is 0 Å². The first-order chi connectivity index (χ1) is 1.91. The van der Waals surface area contributed by atoms with Gasteiger partial charge in [-0.3, -0.25) is 0 Å². The van der Waals surface area contributed by atoms with E-state index in [0.29, 0.717) is 0 Å². The monoisotopic (exact) mass is 108 g/mol. The first kappa shape index (κ1) is 9.14. The number of unbranched alkanes of at least 4 members (excludes halogenated alkanes) is 1. The molecule has 0 aliphatic rings. The molecule has 0 aromatic heterocycles. The molecule has 0 N–H and O–H groups in total. The Morgan fingerprint density at radius 3 is 1.80 bits per heavy atom. The summed E-state index contributed by atoms with van der Waals surface area (Å²) in [5, 5.41) is 0. The van der Waals surface area contributed by atoms with Gasteiger partial charge in [-0.15, -0.1) is 0 Å². The maximum absolute atomic E-state index is 2.12. The van der Waals surface area contributed by atoms with Crippen molar-refractivity contribution in [1.82, 2.24) is 0 Å². The van der Waals surface area contributed by atoms with Gasteiger partial charge in [-0.1, -0.05) is 6.92 Å². The van der Waals surface area contributed by atoms with Gasteiger partial charge in [0.05, 0.1) is 0 Å². The molecule has 0 spiro atoms. The van der Waals surface area contributed by atoms with Crippen LogP contribution in [-0.4, -0.2) is 0 Å². The summed E-state index contributed by atoms with van der Waals surface area (Å²) < 4.78 is 0. The molecule has 5 heavy (non-hydrogen) atoms. The van der Waals surface area contributed by atoms with Crippen LogP contribution >= 0.6 is 0 Å². The molecule has 0 aromatic rings. The minimum absolute atomic E-state index is 0. The van der Waals surface area contributed by atoms with E-state index in [0.717, 1.165) is 0 Å². The number of hydrogen-bond acceptors (Lipinski definition) is 0. The summed E-state index contributed by atoms with van der Waals surface area (Å²) in [6.07, 6.45) is 3.32. The van der Waals surface area contributed by atoms with Gasteiger partial charge in [-0.25, -0.2) is 0 Å². The predicted octanol–water partition coefficient (Wildman–Crippen LogP) is 1.62. The van der Waals surface area contributed by atoms with Crippen LogP contribution in [0, 0.1) is 6.42 Å². The molecular weight excluding hydrogens is 99.0 g/mol. The zero-order valence-electron chi connectivity index (χ0n) is 3.73. The van der Waals surface area contributed by atoms with Gasteiger partial charge in [0, 0.05) is 18.6 Å². The van der Waals surface area contributed by atoms with Crippen molar-refractivity contribution in [3.8, 4) is 0 Å². The molecule has 0 amide bonds. The zero-order valence-corrected chi connectivity index (χ0v) is 5.13. The Morgan fingerprint density at radius 2 is 1.80 bits per heavy atom. The summed E-state index contributed by atoms with van der Waals surface area (Å²) in [5.41, 5.74) is 0. The summed E-state index contributed by atoms with van der Waals surface area (Å²) in [6, 6.07) is 0. The average molecular weight is 108 g/mol. The van der Waals surface area contributed by atoms with Gasteiger partial charge < -0.3 is 6.42 Å². The van der Waals surface area contributed by atoms with Crippen LogP contribution < -0.4 is 0 Å². The van der Waals surface area contributed by atoms with E-state index in [-0.39, 0.29) is 18.6 Å². The van der Waals surface area contributed by atoms with E-state index in [1.807, 2.05) is 0 Å². The van der Waals surface area contributed by atoms with Gasteiger partial charge in [0.2, 0.25) is 0 Å². The second-order valence-corrected chi connectivity index (χ2v) is 0.816. The molecule has 0 aliphatic heterocycles. The van der Waals surface area contributed by atoms with E-state index in [9.17, 15) is 0 Å². The maximum atomic E-state index is 2.12. The van der Waals surface area contributed by atoms with Crippen molar-refractivity contribution in [2.24, 2.45) is 0 Å². The van der Waals surface area contributed by atoms with E-state index in [1.165, 1.54) is 6.42 Å². The Morgan fingerprint density at radius 1 is 1.60 bits per heavy atom. The van der Waals surface area contributed by atoms with Crippen LogP contribution in [0.5, 0.6) is 0 Å². The van der Waals surface area contributed by atoms with Crippen molar-refractivity contribution in [2.75, 3.05) is 0 Å². The quantitative estimate of drug-likeness (QED) is 0.448. The van der Waals surface area contributed by atoms with Crippen molar-refractivity contribution in [1.29, 1.82) is 0 Å². The number of rotatable bonds is 1. The van der Waals surface area contributed by atoms with Crippen LogP contribution in [0.4, 0.5) is 0 Å². The molecule has 31 valence electrons. The second-order valence-electron chi connectivity index (χ2n) is 0.816. The maximum Gasteiger partial charge on any atom is 0 e. The molecule has 1 heteroatoms. The molecule has 0 aliphatic carbocycles. The molecule has 0 saturated heterocycles. The van der Waals surface area contributed by atoms with Crippen LogP contribution in [0.15, 0.2) is 0 Å². The fraction of sp³-hybridized carbons (Fsp3) is 0.750. The minimum atomic E-state index is 0. The Balaban J connectivity index is 0. The molecule has 0 atom stereocenters. The van der Waals surface area contributed by atoms with E-state index in [2.05, 4.69) is 20.3 Å². The SMILES string of the molecule is C[CH-]CC.[V]. The van der Waals surface area contributed by atoms with E-state index in [1.54, 1.807) is 0 Å². The van der Waals surface area contributed by atoms with Crippen LogP contribution in [-0.2, 0) is 18.6 Å². The van der Waals surface area contributed by atoms with Crippen molar-refractivity contribution in [2.45, 2.75) is 20.3 Å². The molecule has 0 fully saturated rings. The minimum Gasteiger partial charge on any atom is -0.332 e. The molecular formula is C4H9V-. The second kappa shape index (κ2) is 8.82. The third kappa shape index (κ3) is 12.2. The Bertz CT molecular complexity index is 5.61. The van der Waals surface area contributed by atoms with Gasteiger partial charge in [0.15, 0.2) is 0 Å². The smallest absolute Gasteiger partial charge is 0 e. The summed E-state index contributed by atoms with van der Waals surface area (Å²) in [7, 11) is 0. The van der Waals surface area contributed by atoms with Crippen LogP contribution in [0.3, 0.4) is 0 Å². The van der Waals surface area contributed by atoms with Gasteiger partial charge in [-0.2, -0.15) is 13.3 Å². The van der Waals surface area contributed by atoms with E-state index >= 15 is 0 Å². The molecule has 0 heterocycles. The predicted molar refractivity (Wildman–Crippen MR) is 20.3 cm³/mol. The summed E-state index contributed by atoms with van der Waals surface area (Å²) in [4.78, 5) is 0. The first-order valence-electron chi connectivity index (χ1n) is 1.69. The van der Waals surface area contributed by atoms with Crippen molar-refractivity contribution >= 4 is 0 Å². The Labute approximate surface area is 45.8 Å². The average Bonchev–Trinajstić information content (AvgIpc) is 1.37. The van der Waals surface area contributed by atoms with Crippen molar-refractivity contribution in [3.63, 3.8) is 0 Å². The third-order valence-corrected chi connectivity index (χ3v) is 0.408. The van der Waals surface area contributed by atoms with Crippen LogP contribution in [0.25, 0.3) is 0 Å². The molecule has 0 rings (SSSR count). The molecule has 1 radical (unpaired) electrons. The third-order valence-electron chi connectivity index (χ3n) is 0.408. The summed E-state index contributed by atoms with van der Waals surface area (Å²) in [5.74, 6) is 0. The Hall–Kier alpha value is 0.584. The van der Waals surface area contributed by atoms with E-state index in [4.69, 9.17) is 0 Å². The van der Waals surface area contributed by atoms with E-state index < -0.39 is 0 Å². The zero-order chi connectivity index (χ0) is 3.41.